The van der Waals surface area contributed by atoms with Crippen LogP contribution in [0.15, 0.2) is 39.3 Å². The third kappa shape index (κ3) is 3.04. The Hall–Kier alpha value is -1.33. The third-order valence-electron chi connectivity index (χ3n) is 2.99. The van der Waals surface area contributed by atoms with Crippen molar-refractivity contribution in [2.24, 2.45) is 0 Å². The van der Waals surface area contributed by atoms with E-state index in [-0.39, 0.29) is 5.91 Å². The highest BCUT2D eigenvalue weighted by atomic mass is 79.9. The highest BCUT2D eigenvalue weighted by Gasteiger charge is 2.14. The second kappa shape index (κ2) is 5.97. The fraction of sp³-hybridized carbons (Fsp3) is 0.133. The van der Waals surface area contributed by atoms with E-state index in [9.17, 15) is 4.79 Å². The molecule has 0 aliphatic carbocycles. The van der Waals surface area contributed by atoms with E-state index in [0.717, 1.165) is 20.1 Å². The molecule has 0 radical (unpaired) electrons. The van der Waals surface area contributed by atoms with Crippen LogP contribution in [0.2, 0.25) is 0 Å². The van der Waals surface area contributed by atoms with Crippen molar-refractivity contribution in [3.63, 3.8) is 0 Å². The molecule has 3 N–H and O–H groups in total. The van der Waals surface area contributed by atoms with E-state index >= 15 is 0 Å². The lowest BCUT2D eigenvalue weighted by atomic mass is 10.1. The van der Waals surface area contributed by atoms with Crippen LogP contribution in [0.25, 0.3) is 0 Å². The standard InChI is InChI=1S/C15H14Br2N2O/c1-8-6-11(16)14(12(17)7-8)19-15(20)10-5-3-4-9(2)13(10)18/h3-7H,18H2,1-2H3,(H,19,20). The highest BCUT2D eigenvalue weighted by molar-refractivity contribution is 9.11. The third-order valence-corrected chi connectivity index (χ3v) is 4.24. The van der Waals surface area contributed by atoms with Gasteiger partial charge in [0.2, 0.25) is 0 Å². The van der Waals surface area contributed by atoms with Crippen molar-refractivity contribution >= 4 is 49.1 Å². The maximum atomic E-state index is 12.3. The fourth-order valence-electron chi connectivity index (χ4n) is 1.88. The van der Waals surface area contributed by atoms with E-state index < -0.39 is 0 Å². The molecule has 104 valence electrons. The Kier molecular flexibility index (Phi) is 4.50. The summed E-state index contributed by atoms with van der Waals surface area (Å²) in [6, 6.07) is 9.30. The van der Waals surface area contributed by atoms with Crippen LogP contribution in [0, 0.1) is 13.8 Å². The zero-order valence-electron chi connectivity index (χ0n) is 11.1. The molecule has 5 heteroatoms. The van der Waals surface area contributed by atoms with Gasteiger partial charge in [0.05, 0.1) is 11.3 Å². The van der Waals surface area contributed by atoms with Gasteiger partial charge in [-0.25, -0.2) is 0 Å². The maximum Gasteiger partial charge on any atom is 0.257 e. The van der Waals surface area contributed by atoms with Crippen molar-refractivity contribution in [2.75, 3.05) is 11.1 Å². The molecule has 0 saturated carbocycles. The summed E-state index contributed by atoms with van der Waals surface area (Å²) in [5, 5.41) is 2.88. The molecule has 2 aromatic rings. The van der Waals surface area contributed by atoms with E-state index in [1.807, 2.05) is 38.1 Å². The number of carbonyl (C=O) groups is 1. The van der Waals surface area contributed by atoms with Crippen LogP contribution < -0.4 is 11.1 Å². The number of amides is 1. The normalized spacial score (nSPS) is 10.4. The van der Waals surface area contributed by atoms with Gasteiger partial charge in [-0.05, 0) is 75.0 Å². The minimum atomic E-state index is -0.226. The average molecular weight is 398 g/mol. The van der Waals surface area contributed by atoms with Gasteiger partial charge in [-0.1, -0.05) is 12.1 Å². The Bertz CT molecular complexity index is 661. The molecule has 0 heterocycles. The smallest absolute Gasteiger partial charge is 0.257 e. The number of anilines is 2. The first-order chi connectivity index (χ1) is 9.40. The number of hydrogen-bond acceptors (Lipinski definition) is 2. The molecule has 0 aliphatic rings. The van der Waals surface area contributed by atoms with Crippen molar-refractivity contribution in [1.29, 1.82) is 0 Å². The Morgan fingerprint density at radius 3 is 2.35 bits per heavy atom. The fourth-order valence-corrected chi connectivity index (χ4v) is 3.49. The summed E-state index contributed by atoms with van der Waals surface area (Å²) < 4.78 is 1.65. The topological polar surface area (TPSA) is 55.1 Å². The van der Waals surface area contributed by atoms with Crippen molar-refractivity contribution in [3.05, 3.63) is 56.0 Å². The molecule has 2 rings (SSSR count). The second-order valence-corrected chi connectivity index (χ2v) is 6.30. The van der Waals surface area contributed by atoms with Crippen LogP contribution in [-0.4, -0.2) is 5.91 Å². The lowest BCUT2D eigenvalue weighted by Crippen LogP contribution is -2.15. The average Bonchev–Trinajstić information content (AvgIpc) is 2.36. The van der Waals surface area contributed by atoms with Gasteiger partial charge >= 0.3 is 0 Å². The van der Waals surface area contributed by atoms with E-state index in [0.29, 0.717) is 16.9 Å². The van der Waals surface area contributed by atoms with Gasteiger partial charge < -0.3 is 11.1 Å². The van der Waals surface area contributed by atoms with Crippen molar-refractivity contribution in [1.82, 2.24) is 0 Å². The van der Waals surface area contributed by atoms with E-state index in [4.69, 9.17) is 5.73 Å². The zero-order valence-corrected chi connectivity index (χ0v) is 14.3. The quantitative estimate of drug-likeness (QED) is 0.723. The molecule has 0 fully saturated rings. The predicted molar refractivity (Wildman–Crippen MR) is 90.1 cm³/mol. The number of nitrogen functional groups attached to an aromatic ring is 1. The van der Waals surface area contributed by atoms with Crippen LogP contribution in [0.1, 0.15) is 21.5 Å². The second-order valence-electron chi connectivity index (χ2n) is 4.59. The molecule has 3 nitrogen and oxygen atoms in total. The van der Waals surface area contributed by atoms with Gasteiger partial charge in [-0.3, -0.25) is 4.79 Å². The van der Waals surface area contributed by atoms with Gasteiger partial charge in [0.25, 0.3) is 5.91 Å². The van der Waals surface area contributed by atoms with Crippen molar-refractivity contribution in [2.45, 2.75) is 13.8 Å². The monoisotopic (exact) mass is 396 g/mol. The molecule has 0 unspecified atom stereocenters. The van der Waals surface area contributed by atoms with Crippen LogP contribution in [0.3, 0.4) is 0 Å². The molecule has 0 bridgehead atoms. The van der Waals surface area contributed by atoms with Crippen molar-refractivity contribution < 1.29 is 4.79 Å². The lowest BCUT2D eigenvalue weighted by Gasteiger charge is -2.12. The van der Waals surface area contributed by atoms with Crippen LogP contribution in [-0.2, 0) is 0 Å². The zero-order chi connectivity index (χ0) is 14.9. The Morgan fingerprint density at radius 2 is 1.75 bits per heavy atom. The number of carbonyl (C=O) groups excluding carboxylic acids is 1. The summed E-state index contributed by atoms with van der Waals surface area (Å²) in [7, 11) is 0. The summed E-state index contributed by atoms with van der Waals surface area (Å²) >= 11 is 6.91. The molecule has 0 atom stereocenters. The van der Waals surface area contributed by atoms with Crippen LogP contribution in [0.4, 0.5) is 11.4 Å². The first-order valence-electron chi connectivity index (χ1n) is 6.02. The first-order valence-corrected chi connectivity index (χ1v) is 7.61. The molecule has 20 heavy (non-hydrogen) atoms. The van der Waals surface area contributed by atoms with Crippen LogP contribution in [0.5, 0.6) is 0 Å². The lowest BCUT2D eigenvalue weighted by molar-refractivity contribution is 0.102. The molecule has 0 aromatic heterocycles. The number of hydrogen-bond donors (Lipinski definition) is 2. The van der Waals surface area contributed by atoms with E-state index in [1.165, 1.54) is 0 Å². The van der Waals surface area contributed by atoms with E-state index in [1.54, 1.807) is 6.07 Å². The number of nitrogens with two attached hydrogens (primary N) is 1. The minimum Gasteiger partial charge on any atom is -0.398 e. The van der Waals surface area contributed by atoms with Gasteiger partial charge in [0.15, 0.2) is 0 Å². The number of aryl methyl sites for hydroxylation is 2. The number of benzene rings is 2. The van der Waals surface area contributed by atoms with E-state index in [2.05, 4.69) is 37.2 Å². The molecule has 0 aliphatic heterocycles. The molecule has 0 spiro atoms. The summed E-state index contributed by atoms with van der Waals surface area (Å²) in [6.45, 7) is 3.86. The number of rotatable bonds is 2. The molecule has 0 saturated heterocycles. The minimum absolute atomic E-state index is 0.226. The largest absolute Gasteiger partial charge is 0.398 e. The van der Waals surface area contributed by atoms with Gasteiger partial charge in [0.1, 0.15) is 0 Å². The van der Waals surface area contributed by atoms with Crippen molar-refractivity contribution in [3.8, 4) is 0 Å². The van der Waals surface area contributed by atoms with Gasteiger partial charge in [0, 0.05) is 14.6 Å². The summed E-state index contributed by atoms with van der Waals surface area (Å²) in [5.41, 5.74) is 9.61. The maximum absolute atomic E-state index is 12.3. The number of halogens is 2. The molecular formula is C15H14Br2N2O. The molecule has 2 aromatic carbocycles. The Balaban J connectivity index is 2.36. The SMILES string of the molecule is Cc1cc(Br)c(NC(=O)c2cccc(C)c2N)c(Br)c1. The van der Waals surface area contributed by atoms with Gasteiger partial charge in [-0.15, -0.1) is 0 Å². The first kappa shape index (κ1) is 15.1. The number of nitrogens with one attached hydrogen (secondary N) is 1. The predicted octanol–water partition coefficient (Wildman–Crippen LogP) is 4.66. The van der Waals surface area contributed by atoms with Crippen LogP contribution >= 0.6 is 31.9 Å². The molecular weight excluding hydrogens is 384 g/mol. The highest BCUT2D eigenvalue weighted by Crippen LogP contribution is 2.33. The summed E-state index contributed by atoms with van der Waals surface area (Å²) in [6.07, 6.45) is 0. The molecule has 1 amide bonds. The Morgan fingerprint density at radius 1 is 1.15 bits per heavy atom. The summed E-state index contributed by atoms with van der Waals surface area (Å²) in [5.74, 6) is -0.226. The summed E-state index contributed by atoms with van der Waals surface area (Å²) in [4.78, 5) is 12.3. The Labute approximate surface area is 134 Å². The van der Waals surface area contributed by atoms with Gasteiger partial charge in [-0.2, -0.15) is 0 Å². The number of para-hydroxylation sites is 1.